The molecule has 9 heteroatoms. The number of benzene rings is 3. The molecule has 1 heterocycles. The Balaban J connectivity index is 1.51. The number of aryl methyl sites for hydroxylation is 1. The molecule has 1 aliphatic rings. The highest BCUT2D eigenvalue weighted by Crippen LogP contribution is 2.36. The van der Waals surface area contributed by atoms with Crippen LogP contribution >= 0.6 is 11.6 Å². The highest BCUT2D eigenvalue weighted by atomic mass is 35.5. The second-order valence-corrected chi connectivity index (χ2v) is 7.89. The molecule has 0 saturated carbocycles. The first-order valence-corrected chi connectivity index (χ1v) is 10.6. The number of aromatic hydroxyl groups is 1. The zero-order valence-electron chi connectivity index (χ0n) is 18.3. The third kappa shape index (κ3) is 4.44. The minimum absolute atomic E-state index is 0.0376. The second kappa shape index (κ2) is 9.29. The molecular weight excluding hydrogens is 458 g/mol. The molecule has 0 aromatic heterocycles. The Morgan fingerprint density at radius 2 is 1.71 bits per heavy atom. The lowest BCUT2D eigenvalue weighted by Gasteiger charge is -2.18. The van der Waals surface area contributed by atoms with Crippen LogP contribution in [0.15, 0.2) is 77.5 Å². The number of ether oxygens (including phenoxy) is 1. The van der Waals surface area contributed by atoms with Crippen molar-refractivity contribution in [1.29, 1.82) is 0 Å². The fraction of sp³-hybridized carbons (Fsp3) is 0.0800. The molecule has 0 bridgehead atoms. The fourth-order valence-electron chi connectivity index (χ4n) is 3.44. The van der Waals surface area contributed by atoms with E-state index in [4.69, 9.17) is 16.3 Å². The molecule has 0 unspecified atom stereocenters. The molecule has 3 aromatic rings. The number of methoxy groups -OCH3 is 1. The van der Waals surface area contributed by atoms with Gasteiger partial charge in [-0.3, -0.25) is 14.4 Å². The van der Waals surface area contributed by atoms with Gasteiger partial charge >= 0.3 is 0 Å². The Morgan fingerprint density at radius 1 is 0.971 bits per heavy atom. The molecule has 8 nitrogen and oxygen atoms in total. The maximum Gasteiger partial charge on any atom is 0.283 e. The Bertz CT molecular complexity index is 1330. The molecule has 3 amide bonds. The molecule has 0 fully saturated rings. The van der Waals surface area contributed by atoms with E-state index in [-0.39, 0.29) is 22.4 Å². The van der Waals surface area contributed by atoms with Crippen molar-refractivity contribution in [3.8, 4) is 11.5 Å². The SMILES string of the molecule is COc1ccc(C)cc1N1C(=O)C(Cl)=C(Nc2ccc(C(=O)Nc3cccc(O)c3)cc2)C1=O. The monoisotopic (exact) mass is 477 g/mol. The maximum absolute atomic E-state index is 13.1. The number of rotatable bonds is 6. The van der Waals surface area contributed by atoms with Crippen LogP contribution in [0.3, 0.4) is 0 Å². The normalized spacial score (nSPS) is 13.3. The fourth-order valence-corrected chi connectivity index (χ4v) is 3.65. The van der Waals surface area contributed by atoms with E-state index in [9.17, 15) is 19.5 Å². The van der Waals surface area contributed by atoms with E-state index >= 15 is 0 Å². The van der Waals surface area contributed by atoms with Gasteiger partial charge in [0.25, 0.3) is 17.7 Å². The first kappa shape index (κ1) is 22.9. The van der Waals surface area contributed by atoms with Gasteiger partial charge in [-0.05, 0) is 61.0 Å². The topological polar surface area (TPSA) is 108 Å². The summed E-state index contributed by atoms with van der Waals surface area (Å²) < 4.78 is 5.30. The summed E-state index contributed by atoms with van der Waals surface area (Å²) in [5.41, 5.74) is 2.33. The molecule has 0 aliphatic carbocycles. The first-order chi connectivity index (χ1) is 16.3. The van der Waals surface area contributed by atoms with Gasteiger partial charge < -0.3 is 20.5 Å². The van der Waals surface area contributed by atoms with Crippen LogP contribution in [0.4, 0.5) is 17.1 Å². The highest BCUT2D eigenvalue weighted by Gasteiger charge is 2.40. The number of phenolic OH excluding ortho intramolecular Hbond substituents is 1. The van der Waals surface area contributed by atoms with Gasteiger partial charge in [-0.25, -0.2) is 4.90 Å². The van der Waals surface area contributed by atoms with Gasteiger partial charge in [0.2, 0.25) is 0 Å². The van der Waals surface area contributed by atoms with Gasteiger partial charge in [-0.1, -0.05) is 23.7 Å². The minimum atomic E-state index is -0.667. The van der Waals surface area contributed by atoms with Crippen molar-refractivity contribution in [3.05, 3.63) is 88.6 Å². The molecule has 1 aliphatic heterocycles. The van der Waals surface area contributed by atoms with Crippen molar-refractivity contribution in [1.82, 2.24) is 0 Å². The van der Waals surface area contributed by atoms with Crippen LogP contribution in [0, 0.1) is 6.92 Å². The van der Waals surface area contributed by atoms with E-state index < -0.39 is 11.8 Å². The molecule has 172 valence electrons. The lowest BCUT2D eigenvalue weighted by molar-refractivity contribution is -0.120. The zero-order chi connectivity index (χ0) is 24.4. The Labute approximate surface area is 200 Å². The van der Waals surface area contributed by atoms with E-state index in [1.165, 1.54) is 19.2 Å². The van der Waals surface area contributed by atoms with Crippen LogP contribution in [0.2, 0.25) is 0 Å². The van der Waals surface area contributed by atoms with E-state index in [1.54, 1.807) is 54.6 Å². The van der Waals surface area contributed by atoms with Crippen molar-refractivity contribution in [3.63, 3.8) is 0 Å². The third-order valence-electron chi connectivity index (χ3n) is 5.12. The average molecular weight is 478 g/mol. The zero-order valence-corrected chi connectivity index (χ0v) is 19.0. The van der Waals surface area contributed by atoms with E-state index in [2.05, 4.69) is 10.6 Å². The summed E-state index contributed by atoms with van der Waals surface area (Å²) in [5.74, 6) is -1.26. The van der Waals surface area contributed by atoms with E-state index in [0.29, 0.717) is 28.4 Å². The number of nitrogens with one attached hydrogen (secondary N) is 2. The molecule has 4 rings (SSSR count). The summed E-state index contributed by atoms with van der Waals surface area (Å²) >= 11 is 6.22. The number of anilines is 3. The molecular formula is C25H20ClN3O5. The summed E-state index contributed by atoms with van der Waals surface area (Å²) in [4.78, 5) is 39.3. The number of hydrogen-bond donors (Lipinski definition) is 3. The standard InChI is InChI=1S/C25H20ClN3O5/c1-14-6-11-20(34-2)19(12-14)29-24(32)21(26)22(25(29)33)27-16-9-7-15(8-10-16)23(31)28-17-4-3-5-18(30)13-17/h3-13,27,30H,1-2H3,(H,28,31). The first-order valence-electron chi connectivity index (χ1n) is 10.2. The summed E-state index contributed by atoms with van der Waals surface area (Å²) in [5, 5.41) is 14.8. The average Bonchev–Trinajstić information content (AvgIpc) is 3.02. The smallest absolute Gasteiger partial charge is 0.283 e. The maximum atomic E-state index is 13.1. The Hall–Kier alpha value is -4.30. The van der Waals surface area contributed by atoms with Crippen LogP contribution in [-0.4, -0.2) is 29.9 Å². The predicted octanol–water partition coefficient (Wildman–Crippen LogP) is 4.40. The van der Waals surface area contributed by atoms with Crippen molar-refractivity contribution in [2.75, 3.05) is 22.6 Å². The van der Waals surface area contributed by atoms with Crippen LogP contribution in [0.25, 0.3) is 0 Å². The number of phenols is 1. The lowest BCUT2D eigenvalue weighted by atomic mass is 10.1. The van der Waals surface area contributed by atoms with Crippen molar-refractivity contribution < 1.29 is 24.2 Å². The van der Waals surface area contributed by atoms with Gasteiger partial charge in [0, 0.05) is 23.0 Å². The van der Waals surface area contributed by atoms with Crippen LogP contribution in [-0.2, 0) is 9.59 Å². The van der Waals surface area contributed by atoms with Crippen molar-refractivity contribution in [2.45, 2.75) is 6.92 Å². The molecule has 0 atom stereocenters. The van der Waals surface area contributed by atoms with Gasteiger partial charge in [0.05, 0.1) is 12.8 Å². The quantitative estimate of drug-likeness (QED) is 0.454. The van der Waals surface area contributed by atoms with Gasteiger partial charge in [-0.15, -0.1) is 0 Å². The second-order valence-electron chi connectivity index (χ2n) is 7.52. The van der Waals surface area contributed by atoms with E-state index in [0.717, 1.165) is 10.5 Å². The highest BCUT2D eigenvalue weighted by molar-refractivity contribution is 6.53. The molecule has 3 N–H and O–H groups in total. The molecule has 0 radical (unpaired) electrons. The lowest BCUT2D eigenvalue weighted by Crippen LogP contribution is -2.32. The minimum Gasteiger partial charge on any atom is -0.508 e. The van der Waals surface area contributed by atoms with Crippen LogP contribution in [0.1, 0.15) is 15.9 Å². The van der Waals surface area contributed by atoms with Crippen molar-refractivity contribution >= 4 is 46.4 Å². The van der Waals surface area contributed by atoms with Crippen LogP contribution < -0.4 is 20.3 Å². The molecule has 0 spiro atoms. The Morgan fingerprint density at radius 3 is 2.38 bits per heavy atom. The number of amides is 3. The number of carbonyl (C=O) groups excluding carboxylic acids is 3. The van der Waals surface area contributed by atoms with Gasteiger partial charge in [-0.2, -0.15) is 0 Å². The molecule has 0 saturated heterocycles. The molecule has 34 heavy (non-hydrogen) atoms. The van der Waals surface area contributed by atoms with Crippen molar-refractivity contribution in [2.24, 2.45) is 0 Å². The number of imide groups is 1. The largest absolute Gasteiger partial charge is 0.508 e. The summed E-state index contributed by atoms with van der Waals surface area (Å²) in [6.07, 6.45) is 0. The predicted molar refractivity (Wildman–Crippen MR) is 129 cm³/mol. The summed E-state index contributed by atoms with van der Waals surface area (Å²) in [7, 11) is 1.45. The third-order valence-corrected chi connectivity index (χ3v) is 5.47. The van der Waals surface area contributed by atoms with Gasteiger partial charge in [0.15, 0.2) is 0 Å². The number of hydrogen-bond acceptors (Lipinski definition) is 6. The molecule has 3 aromatic carbocycles. The number of nitrogens with zero attached hydrogens (tertiary/aromatic N) is 1. The summed E-state index contributed by atoms with van der Waals surface area (Å²) in [6, 6.07) is 17.6. The number of carbonyl (C=O) groups is 3. The van der Waals surface area contributed by atoms with E-state index in [1.807, 2.05) is 6.92 Å². The Kier molecular flexibility index (Phi) is 6.25. The summed E-state index contributed by atoms with van der Waals surface area (Å²) in [6.45, 7) is 1.83. The van der Waals surface area contributed by atoms with Gasteiger partial charge in [0.1, 0.15) is 22.2 Å². The number of halogens is 1. The van der Waals surface area contributed by atoms with Crippen LogP contribution in [0.5, 0.6) is 11.5 Å².